The summed E-state index contributed by atoms with van der Waals surface area (Å²) in [7, 11) is 1.61. The summed E-state index contributed by atoms with van der Waals surface area (Å²) >= 11 is 5.74. The summed E-state index contributed by atoms with van der Waals surface area (Å²) in [6.45, 7) is 2.46. The smallest absolute Gasteiger partial charge is 0.163 e. The van der Waals surface area contributed by atoms with Gasteiger partial charge in [-0.25, -0.2) is 4.98 Å². The van der Waals surface area contributed by atoms with Crippen LogP contribution in [0.5, 0.6) is 23.0 Å². The number of halogens is 1. The van der Waals surface area contributed by atoms with Crippen molar-refractivity contribution >= 4 is 33.4 Å². The minimum atomic E-state index is 0.517. The molecule has 0 bridgehead atoms. The van der Waals surface area contributed by atoms with Crippen LogP contribution in [0.3, 0.4) is 0 Å². The standard InChI is InChI=1S/C23H21ClN2O3/c1-15-21(12-16-6-3-4-7-18(16)26-15)29-20-8-10-25-19-14-23(28-11-5-9-24)22(27-2)13-17(19)20/h3-4,6-8,10,12-14H,5,9,11H2,1-2H3. The van der Waals surface area contributed by atoms with E-state index in [4.69, 9.17) is 25.8 Å². The normalized spacial score (nSPS) is 11.0. The zero-order valence-corrected chi connectivity index (χ0v) is 17.1. The lowest BCUT2D eigenvalue weighted by molar-refractivity contribution is 0.295. The van der Waals surface area contributed by atoms with Gasteiger partial charge in [-0.2, -0.15) is 0 Å². The molecule has 6 heteroatoms. The van der Waals surface area contributed by atoms with Crippen molar-refractivity contribution in [1.29, 1.82) is 0 Å². The van der Waals surface area contributed by atoms with E-state index in [2.05, 4.69) is 9.97 Å². The second-order valence-corrected chi connectivity index (χ2v) is 6.96. The third kappa shape index (κ3) is 4.05. The molecule has 0 spiro atoms. The summed E-state index contributed by atoms with van der Waals surface area (Å²) in [6, 6.07) is 15.6. The first-order chi connectivity index (χ1) is 14.2. The number of pyridine rings is 2. The van der Waals surface area contributed by atoms with E-state index in [0.29, 0.717) is 35.5 Å². The summed E-state index contributed by atoms with van der Waals surface area (Å²) in [5.41, 5.74) is 2.52. The summed E-state index contributed by atoms with van der Waals surface area (Å²) in [4.78, 5) is 9.11. The van der Waals surface area contributed by atoms with Crippen LogP contribution >= 0.6 is 11.6 Å². The minimum Gasteiger partial charge on any atom is -0.493 e. The van der Waals surface area contributed by atoms with Crippen LogP contribution < -0.4 is 14.2 Å². The Labute approximate surface area is 174 Å². The summed E-state index contributed by atoms with van der Waals surface area (Å²) in [5, 5.41) is 1.86. The van der Waals surface area contributed by atoms with Crippen LogP contribution in [0.25, 0.3) is 21.8 Å². The molecule has 4 aromatic rings. The van der Waals surface area contributed by atoms with Crippen LogP contribution in [0.2, 0.25) is 0 Å². The van der Waals surface area contributed by atoms with Crippen molar-refractivity contribution in [2.24, 2.45) is 0 Å². The molecule has 0 aliphatic rings. The Bertz CT molecular complexity index is 1160. The van der Waals surface area contributed by atoms with Crippen molar-refractivity contribution in [2.45, 2.75) is 13.3 Å². The Morgan fingerprint density at radius 1 is 0.931 bits per heavy atom. The van der Waals surface area contributed by atoms with Crippen molar-refractivity contribution in [3.8, 4) is 23.0 Å². The van der Waals surface area contributed by atoms with E-state index in [1.165, 1.54) is 0 Å². The molecule has 5 nitrogen and oxygen atoms in total. The molecule has 0 fully saturated rings. The number of nitrogens with zero attached hydrogens (tertiary/aromatic N) is 2. The van der Waals surface area contributed by atoms with Crippen molar-refractivity contribution in [3.63, 3.8) is 0 Å². The SMILES string of the molecule is COc1cc2c(Oc3cc4ccccc4nc3C)ccnc2cc1OCCCCl. The number of aryl methyl sites for hydroxylation is 1. The predicted molar refractivity (Wildman–Crippen MR) is 116 cm³/mol. The maximum atomic E-state index is 6.25. The number of hydrogen-bond donors (Lipinski definition) is 0. The van der Waals surface area contributed by atoms with Gasteiger partial charge in [-0.05, 0) is 37.6 Å². The monoisotopic (exact) mass is 408 g/mol. The maximum absolute atomic E-state index is 6.25. The van der Waals surface area contributed by atoms with E-state index < -0.39 is 0 Å². The van der Waals surface area contributed by atoms with Gasteiger partial charge in [0, 0.05) is 28.9 Å². The predicted octanol–water partition coefficient (Wildman–Crippen LogP) is 5.90. The van der Waals surface area contributed by atoms with Gasteiger partial charge in [-0.15, -0.1) is 11.6 Å². The number of aromatic nitrogens is 2. The Balaban J connectivity index is 1.73. The Morgan fingerprint density at radius 2 is 1.79 bits per heavy atom. The first-order valence-electron chi connectivity index (χ1n) is 9.39. The van der Waals surface area contributed by atoms with Gasteiger partial charge in [-0.3, -0.25) is 4.98 Å². The summed E-state index contributed by atoms with van der Waals surface area (Å²) < 4.78 is 17.6. The molecule has 0 saturated heterocycles. The van der Waals surface area contributed by atoms with Crippen molar-refractivity contribution in [2.75, 3.05) is 19.6 Å². The Morgan fingerprint density at radius 3 is 2.62 bits per heavy atom. The second-order valence-electron chi connectivity index (χ2n) is 6.59. The number of benzene rings is 2. The van der Waals surface area contributed by atoms with Crippen molar-refractivity contribution < 1.29 is 14.2 Å². The van der Waals surface area contributed by atoms with Gasteiger partial charge in [0.2, 0.25) is 0 Å². The fraction of sp³-hybridized carbons (Fsp3) is 0.217. The highest BCUT2D eigenvalue weighted by atomic mass is 35.5. The average molecular weight is 409 g/mol. The number of ether oxygens (including phenoxy) is 3. The zero-order valence-electron chi connectivity index (χ0n) is 16.3. The molecule has 0 saturated carbocycles. The lowest BCUT2D eigenvalue weighted by Crippen LogP contribution is -2.00. The van der Waals surface area contributed by atoms with Crippen molar-refractivity contribution in [3.05, 3.63) is 60.4 Å². The average Bonchev–Trinajstić information content (AvgIpc) is 2.74. The number of alkyl halides is 1. The number of methoxy groups -OCH3 is 1. The molecule has 0 N–H and O–H groups in total. The first-order valence-corrected chi connectivity index (χ1v) is 9.93. The molecule has 2 heterocycles. The second kappa shape index (κ2) is 8.53. The number of hydrogen-bond acceptors (Lipinski definition) is 5. The molecule has 2 aromatic carbocycles. The van der Waals surface area contributed by atoms with Crippen LogP contribution in [-0.4, -0.2) is 29.6 Å². The highest BCUT2D eigenvalue weighted by molar-refractivity contribution is 6.17. The van der Waals surface area contributed by atoms with Gasteiger partial charge in [0.25, 0.3) is 0 Å². The van der Waals surface area contributed by atoms with E-state index in [0.717, 1.165) is 33.9 Å². The topological polar surface area (TPSA) is 53.5 Å². The Hall–Kier alpha value is -3.05. The fourth-order valence-corrected chi connectivity index (χ4v) is 3.25. The number of rotatable bonds is 7. The zero-order chi connectivity index (χ0) is 20.2. The van der Waals surface area contributed by atoms with E-state index >= 15 is 0 Å². The third-order valence-electron chi connectivity index (χ3n) is 4.61. The number of para-hydroxylation sites is 1. The van der Waals surface area contributed by atoms with Crippen molar-refractivity contribution in [1.82, 2.24) is 9.97 Å². The van der Waals surface area contributed by atoms with Gasteiger partial charge in [0.05, 0.1) is 30.4 Å². The van der Waals surface area contributed by atoms with E-state index in [-0.39, 0.29) is 0 Å². The molecule has 0 aliphatic carbocycles. The van der Waals surface area contributed by atoms with E-state index in [9.17, 15) is 0 Å². The molecule has 0 atom stereocenters. The molecule has 4 rings (SSSR count). The van der Waals surface area contributed by atoms with Gasteiger partial charge in [0.15, 0.2) is 11.5 Å². The molecule has 0 aliphatic heterocycles. The highest BCUT2D eigenvalue weighted by Crippen LogP contribution is 2.38. The first kappa shape index (κ1) is 19.3. The third-order valence-corrected chi connectivity index (χ3v) is 4.88. The molecule has 0 amide bonds. The Kier molecular flexibility index (Phi) is 5.67. The highest BCUT2D eigenvalue weighted by Gasteiger charge is 2.13. The van der Waals surface area contributed by atoms with Crippen LogP contribution in [0.4, 0.5) is 0 Å². The molecule has 2 aromatic heterocycles. The van der Waals surface area contributed by atoms with Gasteiger partial charge in [0.1, 0.15) is 11.5 Å². The molecule has 0 unspecified atom stereocenters. The van der Waals surface area contributed by atoms with E-state index in [1.807, 2.05) is 55.5 Å². The van der Waals surface area contributed by atoms with Gasteiger partial charge < -0.3 is 14.2 Å². The van der Waals surface area contributed by atoms with Gasteiger partial charge in [-0.1, -0.05) is 18.2 Å². The molecule has 29 heavy (non-hydrogen) atoms. The van der Waals surface area contributed by atoms with Crippen LogP contribution in [0, 0.1) is 6.92 Å². The molecular weight excluding hydrogens is 388 g/mol. The van der Waals surface area contributed by atoms with E-state index in [1.54, 1.807) is 13.3 Å². The van der Waals surface area contributed by atoms with Crippen LogP contribution in [0.15, 0.2) is 54.7 Å². The maximum Gasteiger partial charge on any atom is 0.163 e. The van der Waals surface area contributed by atoms with Gasteiger partial charge >= 0.3 is 0 Å². The lowest BCUT2D eigenvalue weighted by Gasteiger charge is -2.14. The molecule has 148 valence electrons. The fourth-order valence-electron chi connectivity index (χ4n) is 3.14. The summed E-state index contributed by atoms with van der Waals surface area (Å²) in [5.74, 6) is 3.20. The number of fused-ring (bicyclic) bond motifs is 2. The molecule has 0 radical (unpaired) electrons. The largest absolute Gasteiger partial charge is 0.493 e. The quantitative estimate of drug-likeness (QED) is 0.281. The lowest BCUT2D eigenvalue weighted by atomic mass is 10.1. The minimum absolute atomic E-state index is 0.517. The van der Waals surface area contributed by atoms with Crippen LogP contribution in [-0.2, 0) is 0 Å². The van der Waals surface area contributed by atoms with Crippen LogP contribution in [0.1, 0.15) is 12.1 Å². The molecular formula is C23H21ClN2O3. The summed E-state index contributed by atoms with van der Waals surface area (Å²) in [6.07, 6.45) is 2.48.